The van der Waals surface area contributed by atoms with Crippen LogP contribution in [0.5, 0.6) is 0 Å². The molecule has 38 heavy (non-hydrogen) atoms. The van der Waals surface area contributed by atoms with Crippen LogP contribution in [0.1, 0.15) is 45.7 Å². The molecule has 0 aliphatic heterocycles. The van der Waals surface area contributed by atoms with E-state index in [9.17, 15) is 9.59 Å². The van der Waals surface area contributed by atoms with Crippen LogP contribution in [0, 0.1) is 24.2 Å². The lowest BCUT2D eigenvalue weighted by Crippen LogP contribution is -2.64. The van der Waals surface area contributed by atoms with Crippen LogP contribution in [0.15, 0.2) is 109 Å². The van der Waals surface area contributed by atoms with Gasteiger partial charge in [0.2, 0.25) is 0 Å². The number of aryl methyl sites for hydroxylation is 1. The standard InChI is InChI=1S/C33H31IO4/c1-22-14-10-11-19-26(22)33(34)27-20-12-13-21-32(27,3)23(2)28(37-30(35)24-15-6-4-7-16-24)29(33)38-31(36)25-17-8-5-9-18-25/h4-21,23,27-29H,1-3H3. The van der Waals surface area contributed by atoms with E-state index in [0.29, 0.717) is 11.1 Å². The molecule has 0 heterocycles. The zero-order valence-corrected chi connectivity index (χ0v) is 23.9. The van der Waals surface area contributed by atoms with Crippen LogP contribution in [0.2, 0.25) is 0 Å². The molecule has 2 aliphatic rings. The van der Waals surface area contributed by atoms with Crippen molar-refractivity contribution in [2.45, 2.75) is 36.4 Å². The Morgan fingerprint density at radius 2 is 1.34 bits per heavy atom. The predicted octanol–water partition coefficient (Wildman–Crippen LogP) is 7.47. The second-order valence-electron chi connectivity index (χ2n) is 10.4. The van der Waals surface area contributed by atoms with Crippen molar-refractivity contribution >= 4 is 34.5 Å². The summed E-state index contributed by atoms with van der Waals surface area (Å²) >= 11 is 2.47. The van der Waals surface area contributed by atoms with E-state index in [1.807, 2.05) is 48.5 Å². The number of alkyl halides is 1. The second kappa shape index (κ2) is 10.5. The fourth-order valence-electron chi connectivity index (χ4n) is 5.97. The highest BCUT2D eigenvalue weighted by Gasteiger charge is 2.64. The molecule has 6 atom stereocenters. The Morgan fingerprint density at radius 1 is 0.789 bits per heavy atom. The Labute approximate surface area is 237 Å². The third-order valence-electron chi connectivity index (χ3n) is 8.23. The van der Waals surface area contributed by atoms with Gasteiger partial charge in [0.1, 0.15) is 6.10 Å². The summed E-state index contributed by atoms with van der Waals surface area (Å²) in [5, 5.41) is 0. The highest BCUT2D eigenvalue weighted by Crippen LogP contribution is 2.62. The van der Waals surface area contributed by atoms with Crippen molar-refractivity contribution in [2.24, 2.45) is 17.3 Å². The number of halogens is 1. The number of carbonyl (C=O) groups is 2. The SMILES string of the molecule is Cc1ccccc1C1(I)C(OC(=O)c2ccccc2)C(OC(=O)c2ccccc2)C(C)C2(C)C=CC=CC21. The predicted molar refractivity (Wildman–Crippen MR) is 157 cm³/mol. The number of esters is 2. The molecule has 194 valence electrons. The van der Waals surface area contributed by atoms with E-state index in [-0.39, 0.29) is 17.3 Å². The van der Waals surface area contributed by atoms with Crippen molar-refractivity contribution in [3.8, 4) is 0 Å². The first-order valence-corrected chi connectivity index (χ1v) is 14.0. The van der Waals surface area contributed by atoms with Crippen LogP contribution in [0.3, 0.4) is 0 Å². The van der Waals surface area contributed by atoms with Crippen molar-refractivity contribution in [3.05, 3.63) is 131 Å². The van der Waals surface area contributed by atoms with Gasteiger partial charge in [0.05, 0.1) is 14.5 Å². The smallest absolute Gasteiger partial charge is 0.338 e. The second-order valence-corrected chi connectivity index (χ2v) is 12.2. The van der Waals surface area contributed by atoms with Gasteiger partial charge in [-0.25, -0.2) is 9.59 Å². The summed E-state index contributed by atoms with van der Waals surface area (Å²) in [5.74, 6) is -1.01. The lowest BCUT2D eigenvalue weighted by molar-refractivity contribution is -0.126. The quantitative estimate of drug-likeness (QED) is 0.169. The zero-order chi connectivity index (χ0) is 26.9. The van der Waals surface area contributed by atoms with Gasteiger partial charge in [-0.3, -0.25) is 0 Å². The van der Waals surface area contributed by atoms with Crippen molar-refractivity contribution < 1.29 is 19.1 Å². The molecule has 1 fully saturated rings. The molecular formula is C33H31IO4. The number of allylic oxidation sites excluding steroid dienone is 4. The maximum Gasteiger partial charge on any atom is 0.338 e. The number of benzene rings is 3. The molecular weight excluding hydrogens is 587 g/mol. The topological polar surface area (TPSA) is 52.6 Å². The largest absolute Gasteiger partial charge is 0.454 e. The minimum Gasteiger partial charge on any atom is -0.454 e. The van der Waals surface area contributed by atoms with Gasteiger partial charge >= 0.3 is 11.9 Å². The van der Waals surface area contributed by atoms with Crippen molar-refractivity contribution in [1.29, 1.82) is 0 Å². The minimum absolute atomic E-state index is 0.0167. The number of rotatable bonds is 5. The molecule has 0 amide bonds. The molecule has 4 nitrogen and oxygen atoms in total. The Kier molecular flexibility index (Phi) is 7.32. The van der Waals surface area contributed by atoms with E-state index in [2.05, 4.69) is 79.8 Å². The molecule has 0 spiro atoms. The highest BCUT2D eigenvalue weighted by molar-refractivity contribution is 14.1. The molecule has 2 aliphatic carbocycles. The summed E-state index contributed by atoms with van der Waals surface area (Å²) in [7, 11) is 0. The summed E-state index contributed by atoms with van der Waals surface area (Å²) in [6.45, 7) is 6.39. The first-order valence-electron chi connectivity index (χ1n) is 12.9. The Bertz CT molecular complexity index is 1380. The fraction of sp³-hybridized carbons (Fsp3) is 0.273. The monoisotopic (exact) mass is 618 g/mol. The van der Waals surface area contributed by atoms with Crippen LogP contribution in [-0.2, 0) is 12.9 Å². The molecule has 5 heteroatoms. The average molecular weight is 619 g/mol. The van der Waals surface area contributed by atoms with Crippen LogP contribution in [0.25, 0.3) is 0 Å². The molecule has 1 saturated carbocycles. The molecule has 0 saturated heterocycles. The number of ether oxygens (including phenoxy) is 2. The summed E-state index contributed by atoms with van der Waals surface area (Å²) in [6.07, 6.45) is 7.13. The molecule has 0 bridgehead atoms. The maximum atomic E-state index is 13.6. The van der Waals surface area contributed by atoms with Gasteiger partial charge in [0.25, 0.3) is 0 Å². The van der Waals surface area contributed by atoms with Crippen molar-refractivity contribution in [3.63, 3.8) is 0 Å². The first-order chi connectivity index (χ1) is 18.3. The van der Waals surface area contributed by atoms with Gasteiger partial charge in [-0.2, -0.15) is 0 Å². The molecule has 3 aromatic carbocycles. The van der Waals surface area contributed by atoms with Crippen LogP contribution in [-0.4, -0.2) is 24.1 Å². The number of fused-ring (bicyclic) bond motifs is 1. The van der Waals surface area contributed by atoms with E-state index in [1.165, 1.54) is 0 Å². The number of hydrogen-bond donors (Lipinski definition) is 0. The van der Waals surface area contributed by atoms with Gasteiger partial charge in [-0.15, -0.1) is 0 Å². The first kappa shape index (κ1) is 26.4. The van der Waals surface area contributed by atoms with E-state index in [4.69, 9.17) is 9.47 Å². The minimum atomic E-state index is -0.742. The Balaban J connectivity index is 1.67. The highest BCUT2D eigenvalue weighted by atomic mass is 127. The van der Waals surface area contributed by atoms with E-state index < -0.39 is 27.6 Å². The van der Waals surface area contributed by atoms with Gasteiger partial charge in [0.15, 0.2) is 6.10 Å². The fourth-order valence-corrected chi connectivity index (χ4v) is 7.94. The number of carbonyl (C=O) groups excluding carboxylic acids is 2. The molecule has 3 aromatic rings. The van der Waals surface area contributed by atoms with Gasteiger partial charge in [0, 0.05) is 11.8 Å². The van der Waals surface area contributed by atoms with Gasteiger partial charge in [-0.1, -0.05) is 121 Å². The maximum absolute atomic E-state index is 13.6. The Morgan fingerprint density at radius 3 is 1.95 bits per heavy atom. The number of hydrogen-bond acceptors (Lipinski definition) is 4. The Hall–Kier alpha value is -3.19. The van der Waals surface area contributed by atoms with E-state index in [0.717, 1.165) is 11.1 Å². The molecule has 5 rings (SSSR count). The summed E-state index contributed by atoms with van der Waals surface area (Å²) in [4.78, 5) is 27.0. The van der Waals surface area contributed by atoms with Crippen molar-refractivity contribution in [1.82, 2.24) is 0 Å². The van der Waals surface area contributed by atoms with Gasteiger partial charge in [-0.05, 0) is 47.7 Å². The molecule has 0 aromatic heterocycles. The van der Waals surface area contributed by atoms with Crippen molar-refractivity contribution in [2.75, 3.05) is 0 Å². The molecule has 0 N–H and O–H groups in total. The van der Waals surface area contributed by atoms with Crippen LogP contribution in [0.4, 0.5) is 0 Å². The third kappa shape index (κ3) is 4.51. The summed E-state index contributed by atoms with van der Waals surface area (Å²) in [6, 6.07) is 26.2. The lowest BCUT2D eigenvalue weighted by Gasteiger charge is -2.58. The normalized spacial score (nSPS) is 29.8. The van der Waals surface area contributed by atoms with Crippen LogP contribution >= 0.6 is 22.6 Å². The molecule has 0 radical (unpaired) electrons. The van der Waals surface area contributed by atoms with E-state index >= 15 is 0 Å². The summed E-state index contributed by atoms with van der Waals surface area (Å²) < 4.78 is 12.1. The zero-order valence-electron chi connectivity index (χ0n) is 21.7. The van der Waals surface area contributed by atoms with Gasteiger partial charge < -0.3 is 9.47 Å². The van der Waals surface area contributed by atoms with Crippen LogP contribution < -0.4 is 0 Å². The lowest BCUT2D eigenvalue weighted by atomic mass is 9.53. The summed E-state index contributed by atoms with van der Waals surface area (Å²) in [5.41, 5.74) is 2.74. The average Bonchev–Trinajstić information content (AvgIpc) is 2.94. The van der Waals surface area contributed by atoms with E-state index in [1.54, 1.807) is 24.3 Å². The molecule has 6 unspecified atom stereocenters. The third-order valence-corrected chi connectivity index (χ3v) is 10.1.